The molecule has 0 amide bonds. The molecule has 2 aromatic carbocycles. The van der Waals surface area contributed by atoms with Gasteiger partial charge in [0.1, 0.15) is 11.3 Å². The minimum atomic E-state index is 0. The number of rotatable bonds is 4. The predicted molar refractivity (Wildman–Crippen MR) is 98.1 cm³/mol. The van der Waals surface area contributed by atoms with Crippen LogP contribution in [-0.2, 0) is 6.54 Å². The van der Waals surface area contributed by atoms with Crippen LogP contribution in [0.3, 0.4) is 0 Å². The van der Waals surface area contributed by atoms with Gasteiger partial charge >= 0.3 is 0 Å². The Morgan fingerprint density at radius 2 is 1.77 bits per heavy atom. The number of ketones is 1. The number of aromatic nitrogens is 2. The third kappa shape index (κ3) is 3.10. The van der Waals surface area contributed by atoms with Gasteiger partial charge in [-0.2, -0.15) is 4.57 Å². The fourth-order valence-corrected chi connectivity index (χ4v) is 3.24. The van der Waals surface area contributed by atoms with Crippen molar-refractivity contribution in [2.75, 3.05) is 7.11 Å². The number of halogens is 1. The monoisotopic (exact) mass is 410 g/mol. The number of nitrogens with one attached hydrogen (secondary N) is 1. The zero-order valence-electron chi connectivity index (χ0n) is 14.6. The first kappa shape index (κ1) is 18.1. The molecule has 0 aliphatic carbocycles. The molecule has 0 fully saturated rings. The lowest BCUT2D eigenvalue weighted by Crippen LogP contribution is -3.00. The first-order valence-corrected chi connectivity index (χ1v) is 8.24. The quantitative estimate of drug-likeness (QED) is 0.399. The summed E-state index contributed by atoms with van der Waals surface area (Å²) in [7, 11) is 1.62. The lowest BCUT2D eigenvalue weighted by atomic mass is 10.1. The summed E-state index contributed by atoms with van der Waals surface area (Å²) in [6.45, 7) is 2.35. The van der Waals surface area contributed by atoms with Crippen molar-refractivity contribution < 1.29 is 31.1 Å². The first-order valence-electron chi connectivity index (χ1n) is 8.24. The highest BCUT2D eigenvalue weighted by molar-refractivity contribution is 6.07. The molecule has 0 saturated heterocycles. The summed E-state index contributed by atoms with van der Waals surface area (Å²) in [5.74, 6) is 0.825. The normalized spacial score (nSPS) is 10.7. The zero-order chi connectivity index (χ0) is 17.4. The maximum absolute atomic E-state index is 12.6. The average Bonchev–Trinajstić information content (AvgIpc) is 3.03. The number of carbonyl (C=O) groups excluding carboxylic acids is 1. The number of pyridine rings is 1. The van der Waals surface area contributed by atoms with Gasteiger partial charge in [0.25, 0.3) is 0 Å². The van der Waals surface area contributed by atoms with Crippen LogP contribution in [0.5, 0.6) is 5.75 Å². The van der Waals surface area contributed by atoms with Crippen LogP contribution in [0.15, 0.2) is 60.8 Å². The molecule has 0 spiro atoms. The van der Waals surface area contributed by atoms with E-state index in [9.17, 15) is 4.79 Å². The van der Waals surface area contributed by atoms with Crippen molar-refractivity contribution in [2.45, 2.75) is 13.5 Å². The molecule has 2 aromatic heterocycles. The van der Waals surface area contributed by atoms with Gasteiger partial charge in [-0.15, -0.1) is 0 Å². The molecule has 26 heavy (non-hydrogen) atoms. The Balaban J connectivity index is 0.00000196. The molecule has 4 nitrogen and oxygen atoms in total. The van der Waals surface area contributed by atoms with Crippen LogP contribution >= 0.6 is 0 Å². The first-order chi connectivity index (χ1) is 12.2. The van der Waals surface area contributed by atoms with E-state index in [0.717, 1.165) is 22.5 Å². The van der Waals surface area contributed by atoms with Gasteiger partial charge in [-0.1, -0.05) is 18.2 Å². The molecule has 5 heteroatoms. The standard InChI is InChI=1S/C21H18N2O2.BrH/c1-14-21-18(17-5-3-4-6-19(17)22-21)11-12-23(14)13-20(24)15-7-9-16(25-2)10-8-15;/h3-12H,13H2,1-2H3;1H. The predicted octanol–water partition coefficient (Wildman–Crippen LogP) is 0.813. The van der Waals surface area contributed by atoms with Crippen molar-refractivity contribution in [1.82, 2.24) is 4.98 Å². The minimum Gasteiger partial charge on any atom is -1.00 e. The Hall–Kier alpha value is -2.66. The van der Waals surface area contributed by atoms with Gasteiger partial charge in [0, 0.05) is 34.8 Å². The summed E-state index contributed by atoms with van der Waals surface area (Å²) in [5, 5.41) is 2.38. The van der Waals surface area contributed by atoms with E-state index in [2.05, 4.69) is 23.2 Å². The van der Waals surface area contributed by atoms with Gasteiger partial charge < -0.3 is 26.7 Å². The number of nitrogens with zero attached hydrogens (tertiary/aromatic N) is 1. The number of hydrogen-bond acceptors (Lipinski definition) is 2. The smallest absolute Gasteiger partial charge is 0.227 e. The van der Waals surface area contributed by atoms with Crippen molar-refractivity contribution in [2.24, 2.45) is 0 Å². The highest BCUT2D eigenvalue weighted by Crippen LogP contribution is 2.25. The van der Waals surface area contributed by atoms with E-state index in [4.69, 9.17) is 4.74 Å². The topological polar surface area (TPSA) is 46.0 Å². The Labute approximate surface area is 162 Å². The maximum Gasteiger partial charge on any atom is 0.227 e. The lowest BCUT2D eigenvalue weighted by molar-refractivity contribution is -0.687. The molecule has 0 bridgehead atoms. The van der Waals surface area contributed by atoms with Crippen molar-refractivity contribution in [3.63, 3.8) is 0 Å². The van der Waals surface area contributed by atoms with Gasteiger partial charge in [-0.3, -0.25) is 4.79 Å². The lowest BCUT2D eigenvalue weighted by Gasteiger charge is -2.03. The number of benzene rings is 2. The van der Waals surface area contributed by atoms with E-state index in [1.54, 1.807) is 19.2 Å². The summed E-state index contributed by atoms with van der Waals surface area (Å²) in [6.07, 6.45) is 1.99. The second kappa shape index (κ2) is 7.30. The van der Waals surface area contributed by atoms with Crippen molar-refractivity contribution in [3.8, 4) is 5.75 Å². The molecule has 0 aliphatic rings. The van der Waals surface area contributed by atoms with E-state index in [-0.39, 0.29) is 22.8 Å². The molecule has 0 atom stereocenters. The van der Waals surface area contributed by atoms with Crippen molar-refractivity contribution in [1.29, 1.82) is 0 Å². The van der Waals surface area contributed by atoms with Gasteiger partial charge in [-0.25, -0.2) is 0 Å². The van der Waals surface area contributed by atoms with E-state index < -0.39 is 0 Å². The summed E-state index contributed by atoms with van der Waals surface area (Å²) < 4.78 is 7.13. The van der Waals surface area contributed by atoms with Gasteiger partial charge in [-0.05, 0) is 30.3 Å². The second-order valence-corrected chi connectivity index (χ2v) is 6.14. The van der Waals surface area contributed by atoms with E-state index >= 15 is 0 Å². The third-order valence-corrected chi connectivity index (χ3v) is 4.69. The highest BCUT2D eigenvalue weighted by atomic mass is 79.9. The Kier molecular flexibility index (Phi) is 5.09. The SMILES string of the molecule is COc1ccc(C(=O)C[n+]2ccc3c([nH]c4ccccc43)c2C)cc1.[Br-]. The van der Waals surface area contributed by atoms with Crippen LogP contribution in [0.25, 0.3) is 21.8 Å². The number of aryl methyl sites for hydroxylation is 1. The number of ether oxygens (including phenoxy) is 1. The molecule has 4 rings (SSSR count). The summed E-state index contributed by atoms with van der Waals surface area (Å²) in [6, 6.07) is 17.5. The second-order valence-electron chi connectivity index (χ2n) is 6.14. The van der Waals surface area contributed by atoms with Crippen LogP contribution < -0.4 is 26.3 Å². The number of methoxy groups -OCH3 is 1. The van der Waals surface area contributed by atoms with E-state index in [0.29, 0.717) is 12.1 Å². The average molecular weight is 411 g/mol. The van der Waals surface area contributed by atoms with Crippen LogP contribution in [0.2, 0.25) is 0 Å². The van der Waals surface area contributed by atoms with Crippen LogP contribution in [-0.4, -0.2) is 17.9 Å². The Bertz CT molecular complexity index is 1080. The van der Waals surface area contributed by atoms with E-state index in [1.165, 1.54) is 10.8 Å². The zero-order valence-corrected chi connectivity index (χ0v) is 16.2. The fourth-order valence-electron chi connectivity index (χ4n) is 3.24. The number of Topliss-reactive ketones (excluding diaryl/α,β-unsaturated/α-hetero) is 1. The van der Waals surface area contributed by atoms with Gasteiger partial charge in [0.15, 0.2) is 6.20 Å². The van der Waals surface area contributed by atoms with E-state index in [1.807, 2.05) is 42.0 Å². The summed E-state index contributed by atoms with van der Waals surface area (Å²) >= 11 is 0. The molecule has 0 saturated carbocycles. The molecule has 1 N–H and O–H groups in total. The fraction of sp³-hybridized carbons (Fsp3) is 0.143. The number of aromatic amines is 1. The van der Waals surface area contributed by atoms with Gasteiger partial charge in [0.05, 0.1) is 7.11 Å². The number of H-pyrrole nitrogens is 1. The van der Waals surface area contributed by atoms with Crippen LogP contribution in [0.1, 0.15) is 16.1 Å². The Morgan fingerprint density at radius 3 is 2.50 bits per heavy atom. The van der Waals surface area contributed by atoms with Gasteiger partial charge in [0.2, 0.25) is 18.0 Å². The number of hydrogen-bond donors (Lipinski definition) is 1. The Morgan fingerprint density at radius 1 is 1.04 bits per heavy atom. The maximum atomic E-state index is 12.6. The summed E-state index contributed by atoms with van der Waals surface area (Å²) in [5.41, 5.74) is 3.92. The van der Waals surface area contributed by atoms with Crippen LogP contribution in [0, 0.1) is 6.92 Å². The minimum absolute atomic E-state index is 0. The third-order valence-electron chi connectivity index (χ3n) is 4.69. The molecular formula is C21H19BrN2O2. The molecule has 2 heterocycles. The molecule has 0 aliphatic heterocycles. The molecular weight excluding hydrogens is 392 g/mol. The van der Waals surface area contributed by atoms with Crippen molar-refractivity contribution in [3.05, 3.63) is 72.1 Å². The highest BCUT2D eigenvalue weighted by Gasteiger charge is 2.18. The number of carbonyl (C=O) groups is 1. The summed E-state index contributed by atoms with van der Waals surface area (Å²) in [4.78, 5) is 16.1. The van der Waals surface area contributed by atoms with Crippen LogP contribution in [0.4, 0.5) is 0 Å². The molecule has 4 aromatic rings. The molecule has 0 unspecified atom stereocenters. The van der Waals surface area contributed by atoms with Crippen molar-refractivity contribution >= 4 is 27.6 Å². The molecule has 132 valence electrons. The largest absolute Gasteiger partial charge is 1.00 e. The number of fused-ring (bicyclic) bond motifs is 3. The molecule has 0 radical (unpaired) electrons. The number of para-hydroxylation sites is 1.